The molecule has 0 aliphatic heterocycles. The Morgan fingerprint density at radius 1 is 1.29 bits per heavy atom. The number of aryl methyl sites for hydroxylation is 1. The predicted octanol–water partition coefficient (Wildman–Crippen LogP) is 3.58. The summed E-state index contributed by atoms with van der Waals surface area (Å²) < 4.78 is 5.84. The van der Waals surface area contributed by atoms with E-state index < -0.39 is 0 Å². The molecule has 1 aromatic carbocycles. The number of benzene rings is 1. The van der Waals surface area contributed by atoms with E-state index in [2.05, 4.69) is 30.4 Å². The Bertz CT molecular complexity index is 515. The van der Waals surface area contributed by atoms with Crippen molar-refractivity contribution in [3.05, 3.63) is 29.8 Å². The third-order valence-corrected chi connectivity index (χ3v) is 4.82. The molecule has 0 aromatic heterocycles. The van der Waals surface area contributed by atoms with E-state index in [9.17, 15) is 5.26 Å². The molecule has 2 saturated carbocycles. The average Bonchev–Trinajstić information content (AvgIpc) is 3.21. The SMILES string of the molecule is Cc1ccc(OCCC2CCCC2(C#N)NC2CC2)cc1. The maximum atomic E-state index is 9.66. The van der Waals surface area contributed by atoms with Gasteiger partial charge in [0.2, 0.25) is 0 Å². The lowest BCUT2D eigenvalue weighted by molar-refractivity contribution is 0.231. The highest BCUT2D eigenvalue weighted by Gasteiger charge is 2.45. The highest BCUT2D eigenvalue weighted by Crippen LogP contribution is 2.40. The standard InChI is InChI=1S/C18H24N2O/c1-14-4-8-17(9-5-14)21-12-10-15-3-2-11-18(15,13-19)20-16-6-7-16/h4-5,8-9,15-16,20H,2-3,6-7,10-12H2,1H3. The van der Waals surface area contributed by atoms with E-state index in [0.717, 1.165) is 31.4 Å². The van der Waals surface area contributed by atoms with Crippen molar-refractivity contribution in [3.63, 3.8) is 0 Å². The highest BCUT2D eigenvalue weighted by atomic mass is 16.5. The van der Waals surface area contributed by atoms with Gasteiger partial charge in [-0.15, -0.1) is 0 Å². The predicted molar refractivity (Wildman–Crippen MR) is 83.1 cm³/mol. The monoisotopic (exact) mass is 284 g/mol. The third kappa shape index (κ3) is 3.39. The molecule has 0 heterocycles. The number of nitrogens with zero attached hydrogens (tertiary/aromatic N) is 1. The number of hydrogen-bond acceptors (Lipinski definition) is 3. The van der Waals surface area contributed by atoms with E-state index >= 15 is 0 Å². The maximum Gasteiger partial charge on any atom is 0.119 e. The van der Waals surface area contributed by atoms with Crippen molar-refractivity contribution < 1.29 is 4.74 Å². The van der Waals surface area contributed by atoms with Crippen molar-refractivity contribution >= 4 is 0 Å². The van der Waals surface area contributed by atoms with E-state index in [0.29, 0.717) is 18.6 Å². The minimum Gasteiger partial charge on any atom is -0.494 e. The van der Waals surface area contributed by atoms with Crippen molar-refractivity contribution in [2.45, 2.75) is 57.0 Å². The van der Waals surface area contributed by atoms with Crippen LogP contribution in [0.3, 0.4) is 0 Å². The Hall–Kier alpha value is -1.53. The van der Waals surface area contributed by atoms with E-state index in [1.54, 1.807) is 0 Å². The molecule has 2 fully saturated rings. The summed E-state index contributed by atoms with van der Waals surface area (Å²) in [6.07, 6.45) is 6.72. The first-order chi connectivity index (χ1) is 10.2. The fraction of sp³-hybridized carbons (Fsp3) is 0.611. The Morgan fingerprint density at radius 3 is 2.71 bits per heavy atom. The molecule has 0 radical (unpaired) electrons. The molecule has 0 spiro atoms. The van der Waals surface area contributed by atoms with Crippen LogP contribution in [0.25, 0.3) is 0 Å². The van der Waals surface area contributed by atoms with Gasteiger partial charge in [-0.2, -0.15) is 5.26 Å². The summed E-state index contributed by atoms with van der Waals surface area (Å²) in [5, 5.41) is 13.3. The van der Waals surface area contributed by atoms with Gasteiger partial charge < -0.3 is 4.74 Å². The molecular formula is C18H24N2O. The molecule has 21 heavy (non-hydrogen) atoms. The van der Waals surface area contributed by atoms with Crippen molar-refractivity contribution in [3.8, 4) is 11.8 Å². The second-order valence-corrected chi connectivity index (χ2v) is 6.54. The quantitative estimate of drug-likeness (QED) is 0.868. The number of hydrogen-bond donors (Lipinski definition) is 1. The Morgan fingerprint density at radius 2 is 2.05 bits per heavy atom. The van der Waals surface area contributed by atoms with Crippen LogP contribution in [0, 0.1) is 24.2 Å². The molecule has 2 unspecified atom stereocenters. The second-order valence-electron chi connectivity index (χ2n) is 6.54. The number of ether oxygens (including phenoxy) is 1. The van der Waals surface area contributed by atoms with E-state index in [1.165, 1.54) is 18.4 Å². The molecule has 1 N–H and O–H groups in total. The minimum absolute atomic E-state index is 0.294. The maximum absolute atomic E-state index is 9.66. The summed E-state index contributed by atoms with van der Waals surface area (Å²) >= 11 is 0. The van der Waals surface area contributed by atoms with Gasteiger partial charge in [-0.1, -0.05) is 24.1 Å². The molecule has 3 rings (SSSR count). The largest absolute Gasteiger partial charge is 0.494 e. The number of rotatable bonds is 6. The zero-order valence-electron chi connectivity index (χ0n) is 12.8. The van der Waals surface area contributed by atoms with Crippen LogP contribution in [0.15, 0.2) is 24.3 Å². The molecule has 112 valence electrons. The van der Waals surface area contributed by atoms with Crippen LogP contribution in [-0.4, -0.2) is 18.2 Å². The fourth-order valence-corrected chi connectivity index (χ4v) is 3.38. The van der Waals surface area contributed by atoms with Crippen molar-refractivity contribution in [1.29, 1.82) is 5.26 Å². The first-order valence-electron chi connectivity index (χ1n) is 8.10. The molecule has 0 bridgehead atoms. The van der Waals surface area contributed by atoms with Crippen molar-refractivity contribution in [1.82, 2.24) is 5.32 Å². The smallest absolute Gasteiger partial charge is 0.119 e. The lowest BCUT2D eigenvalue weighted by Crippen LogP contribution is -2.48. The molecule has 2 aliphatic carbocycles. The summed E-state index contributed by atoms with van der Waals surface area (Å²) in [6.45, 7) is 2.77. The van der Waals surface area contributed by atoms with E-state index in [4.69, 9.17) is 4.74 Å². The topological polar surface area (TPSA) is 45.0 Å². The van der Waals surface area contributed by atoms with Gasteiger partial charge in [-0.05, 0) is 57.1 Å². The third-order valence-electron chi connectivity index (χ3n) is 4.82. The zero-order valence-corrected chi connectivity index (χ0v) is 12.8. The number of nitriles is 1. The lowest BCUT2D eigenvalue weighted by atomic mass is 9.86. The van der Waals surface area contributed by atoms with Gasteiger partial charge in [-0.3, -0.25) is 5.32 Å². The van der Waals surface area contributed by atoms with Crippen LogP contribution in [0.4, 0.5) is 0 Å². The highest BCUT2D eigenvalue weighted by molar-refractivity contribution is 5.26. The first kappa shape index (κ1) is 14.4. The summed E-state index contributed by atoms with van der Waals surface area (Å²) in [5.41, 5.74) is 0.952. The van der Waals surface area contributed by atoms with Gasteiger partial charge in [0, 0.05) is 6.04 Å². The molecule has 2 aliphatic rings. The van der Waals surface area contributed by atoms with Gasteiger partial charge in [0.15, 0.2) is 0 Å². The summed E-state index contributed by atoms with van der Waals surface area (Å²) in [7, 11) is 0. The van der Waals surface area contributed by atoms with E-state index in [-0.39, 0.29) is 5.54 Å². The minimum atomic E-state index is -0.294. The molecule has 3 nitrogen and oxygen atoms in total. The van der Waals surface area contributed by atoms with Crippen LogP contribution in [0.1, 0.15) is 44.1 Å². The molecule has 1 aromatic rings. The average molecular weight is 284 g/mol. The molecule has 2 atom stereocenters. The van der Waals surface area contributed by atoms with Crippen LogP contribution in [0.5, 0.6) is 5.75 Å². The summed E-state index contributed by atoms with van der Waals surface area (Å²) in [4.78, 5) is 0. The Balaban J connectivity index is 1.53. The normalized spacial score (nSPS) is 28.3. The first-order valence-corrected chi connectivity index (χ1v) is 8.10. The lowest BCUT2D eigenvalue weighted by Gasteiger charge is -2.30. The van der Waals surface area contributed by atoms with Crippen LogP contribution < -0.4 is 10.1 Å². The Kier molecular flexibility index (Phi) is 4.17. The molecule has 0 saturated heterocycles. The summed E-state index contributed by atoms with van der Waals surface area (Å²) in [6, 6.07) is 11.3. The van der Waals surface area contributed by atoms with Gasteiger partial charge in [0.25, 0.3) is 0 Å². The van der Waals surface area contributed by atoms with Crippen molar-refractivity contribution in [2.24, 2.45) is 5.92 Å². The number of nitrogens with one attached hydrogen (secondary N) is 1. The second kappa shape index (κ2) is 6.07. The molecule has 0 amide bonds. The fourth-order valence-electron chi connectivity index (χ4n) is 3.38. The zero-order chi connectivity index (χ0) is 14.7. The van der Waals surface area contributed by atoms with Crippen LogP contribution >= 0.6 is 0 Å². The van der Waals surface area contributed by atoms with Crippen LogP contribution in [0.2, 0.25) is 0 Å². The van der Waals surface area contributed by atoms with Gasteiger partial charge in [-0.25, -0.2) is 0 Å². The Labute approximate surface area is 127 Å². The van der Waals surface area contributed by atoms with Crippen LogP contribution in [-0.2, 0) is 0 Å². The van der Waals surface area contributed by atoms with Gasteiger partial charge in [0.05, 0.1) is 12.7 Å². The van der Waals surface area contributed by atoms with Gasteiger partial charge in [0.1, 0.15) is 11.3 Å². The molecular weight excluding hydrogens is 260 g/mol. The van der Waals surface area contributed by atoms with Crippen molar-refractivity contribution in [2.75, 3.05) is 6.61 Å². The van der Waals surface area contributed by atoms with E-state index in [1.807, 2.05) is 12.1 Å². The van der Waals surface area contributed by atoms with Gasteiger partial charge >= 0.3 is 0 Å². The summed E-state index contributed by atoms with van der Waals surface area (Å²) in [5.74, 6) is 1.35. The molecule has 3 heteroatoms.